The van der Waals surface area contributed by atoms with E-state index in [4.69, 9.17) is 4.74 Å². The molecule has 0 unspecified atom stereocenters. The monoisotopic (exact) mass is 265 g/mol. The Bertz CT molecular complexity index is 784. The van der Waals surface area contributed by atoms with Gasteiger partial charge in [0.1, 0.15) is 5.69 Å². The first-order valence-electron chi connectivity index (χ1n) is 6.43. The van der Waals surface area contributed by atoms with Gasteiger partial charge in [0.2, 0.25) is 5.88 Å². The quantitative estimate of drug-likeness (QED) is 0.713. The van der Waals surface area contributed by atoms with Crippen LogP contribution in [-0.4, -0.2) is 22.1 Å². The van der Waals surface area contributed by atoms with Crippen molar-refractivity contribution in [2.75, 3.05) is 7.11 Å². The van der Waals surface area contributed by atoms with Crippen molar-refractivity contribution in [1.82, 2.24) is 15.0 Å². The van der Waals surface area contributed by atoms with E-state index in [-0.39, 0.29) is 0 Å². The van der Waals surface area contributed by atoms with Crippen molar-refractivity contribution in [2.45, 2.75) is 13.8 Å². The molecule has 4 nitrogen and oxygen atoms in total. The van der Waals surface area contributed by atoms with Crippen LogP contribution in [0, 0.1) is 13.8 Å². The first-order chi connectivity index (χ1) is 9.65. The van der Waals surface area contributed by atoms with Crippen LogP contribution in [0.15, 0.2) is 36.4 Å². The number of pyridine rings is 1. The van der Waals surface area contributed by atoms with Gasteiger partial charge in [0, 0.05) is 17.1 Å². The molecule has 0 atom stereocenters. The summed E-state index contributed by atoms with van der Waals surface area (Å²) in [4.78, 5) is 13.4. The topological polar surface area (TPSA) is 47.9 Å². The number of hydrogen-bond acceptors (Lipinski definition) is 4. The van der Waals surface area contributed by atoms with Gasteiger partial charge in [0.15, 0.2) is 5.82 Å². The van der Waals surface area contributed by atoms with E-state index >= 15 is 0 Å². The molecule has 1 aromatic carbocycles. The summed E-state index contributed by atoms with van der Waals surface area (Å²) in [6.45, 7) is 3.99. The standard InChI is InChI=1S/C16H15N3O/c1-10-4-6-13-12(8-10)5-7-14(18-13)16-17-11(2)9-15(19-16)20-3/h4-9H,1-3H3. The molecule has 3 aromatic rings. The van der Waals surface area contributed by atoms with Gasteiger partial charge in [-0.3, -0.25) is 0 Å². The number of methoxy groups -OCH3 is 1. The van der Waals surface area contributed by atoms with Crippen molar-refractivity contribution in [3.63, 3.8) is 0 Å². The number of nitrogens with zero attached hydrogens (tertiary/aromatic N) is 3. The molecule has 0 bridgehead atoms. The molecule has 3 rings (SSSR count). The Morgan fingerprint density at radius 2 is 1.75 bits per heavy atom. The molecule has 0 aliphatic heterocycles. The van der Waals surface area contributed by atoms with Gasteiger partial charge in [-0.1, -0.05) is 17.7 Å². The molecule has 20 heavy (non-hydrogen) atoms. The second kappa shape index (κ2) is 4.89. The molecule has 4 heteroatoms. The summed E-state index contributed by atoms with van der Waals surface area (Å²) >= 11 is 0. The van der Waals surface area contributed by atoms with E-state index < -0.39 is 0 Å². The molecule has 0 amide bonds. The maximum atomic E-state index is 5.18. The molecule has 0 radical (unpaired) electrons. The zero-order chi connectivity index (χ0) is 14.1. The third kappa shape index (κ3) is 2.32. The predicted molar refractivity (Wildman–Crippen MR) is 78.8 cm³/mol. The number of aromatic nitrogens is 3. The van der Waals surface area contributed by atoms with E-state index in [9.17, 15) is 0 Å². The number of rotatable bonds is 2. The summed E-state index contributed by atoms with van der Waals surface area (Å²) < 4.78 is 5.18. The second-order valence-electron chi connectivity index (χ2n) is 4.77. The minimum atomic E-state index is 0.554. The fourth-order valence-electron chi connectivity index (χ4n) is 2.13. The maximum Gasteiger partial charge on any atom is 0.216 e. The lowest BCUT2D eigenvalue weighted by Gasteiger charge is -2.06. The number of aryl methyl sites for hydroxylation is 2. The van der Waals surface area contributed by atoms with Gasteiger partial charge in [-0.05, 0) is 32.0 Å². The molecule has 0 saturated carbocycles. The van der Waals surface area contributed by atoms with Crippen molar-refractivity contribution in [3.8, 4) is 17.4 Å². The summed E-state index contributed by atoms with van der Waals surface area (Å²) in [5, 5.41) is 1.12. The van der Waals surface area contributed by atoms with Crippen molar-refractivity contribution in [2.24, 2.45) is 0 Å². The van der Waals surface area contributed by atoms with Gasteiger partial charge < -0.3 is 4.74 Å². The van der Waals surface area contributed by atoms with Gasteiger partial charge in [-0.2, -0.15) is 4.98 Å². The van der Waals surface area contributed by atoms with Crippen molar-refractivity contribution >= 4 is 10.9 Å². The Hall–Kier alpha value is -2.49. The third-order valence-electron chi connectivity index (χ3n) is 3.11. The fraction of sp³-hybridized carbons (Fsp3) is 0.188. The van der Waals surface area contributed by atoms with Crippen LogP contribution in [0.1, 0.15) is 11.3 Å². The van der Waals surface area contributed by atoms with Crippen LogP contribution in [0.2, 0.25) is 0 Å². The summed E-state index contributed by atoms with van der Waals surface area (Å²) in [6.07, 6.45) is 0. The van der Waals surface area contributed by atoms with E-state index in [1.807, 2.05) is 25.1 Å². The predicted octanol–water partition coefficient (Wildman–Crippen LogP) is 3.32. The number of fused-ring (bicyclic) bond motifs is 1. The Labute approximate surface area is 117 Å². The van der Waals surface area contributed by atoms with E-state index in [1.54, 1.807) is 13.2 Å². The lowest BCUT2D eigenvalue weighted by atomic mass is 10.1. The molecule has 0 aliphatic rings. The minimum absolute atomic E-state index is 0.554. The van der Waals surface area contributed by atoms with Crippen molar-refractivity contribution < 1.29 is 4.74 Å². The Balaban J connectivity index is 2.14. The third-order valence-corrected chi connectivity index (χ3v) is 3.11. The largest absolute Gasteiger partial charge is 0.481 e. The van der Waals surface area contributed by atoms with Crippen LogP contribution in [0.3, 0.4) is 0 Å². The van der Waals surface area contributed by atoms with E-state index in [0.29, 0.717) is 11.7 Å². The van der Waals surface area contributed by atoms with Crippen LogP contribution >= 0.6 is 0 Å². The molecular formula is C16H15N3O. The first kappa shape index (κ1) is 12.5. The zero-order valence-electron chi connectivity index (χ0n) is 11.7. The average molecular weight is 265 g/mol. The van der Waals surface area contributed by atoms with Crippen molar-refractivity contribution in [1.29, 1.82) is 0 Å². The average Bonchev–Trinajstić information content (AvgIpc) is 2.46. The Kier molecular flexibility index (Phi) is 3.06. The first-order valence-corrected chi connectivity index (χ1v) is 6.43. The molecule has 2 aromatic heterocycles. The van der Waals surface area contributed by atoms with Crippen LogP contribution < -0.4 is 4.74 Å². The van der Waals surface area contributed by atoms with E-state index in [1.165, 1.54) is 5.56 Å². The zero-order valence-corrected chi connectivity index (χ0v) is 11.7. The number of hydrogen-bond donors (Lipinski definition) is 0. The van der Waals surface area contributed by atoms with Gasteiger partial charge in [-0.15, -0.1) is 0 Å². The SMILES string of the molecule is COc1cc(C)nc(-c2ccc3cc(C)ccc3n2)n1. The van der Waals surface area contributed by atoms with Crippen LogP contribution in [-0.2, 0) is 0 Å². The molecule has 100 valence electrons. The highest BCUT2D eigenvalue weighted by atomic mass is 16.5. The van der Waals surface area contributed by atoms with Crippen LogP contribution in [0.4, 0.5) is 0 Å². The highest BCUT2D eigenvalue weighted by molar-refractivity contribution is 5.81. The normalized spacial score (nSPS) is 10.8. The lowest BCUT2D eigenvalue weighted by molar-refractivity contribution is 0.397. The molecule has 0 aliphatic carbocycles. The molecular weight excluding hydrogens is 250 g/mol. The molecule has 0 N–H and O–H groups in total. The number of benzene rings is 1. The van der Waals surface area contributed by atoms with Crippen molar-refractivity contribution in [3.05, 3.63) is 47.7 Å². The van der Waals surface area contributed by atoms with Gasteiger partial charge >= 0.3 is 0 Å². The van der Waals surface area contributed by atoms with Gasteiger partial charge in [0.05, 0.1) is 12.6 Å². The maximum absolute atomic E-state index is 5.18. The molecule has 0 fully saturated rings. The minimum Gasteiger partial charge on any atom is -0.481 e. The molecule has 0 spiro atoms. The highest BCUT2D eigenvalue weighted by Crippen LogP contribution is 2.21. The fourth-order valence-corrected chi connectivity index (χ4v) is 2.13. The summed E-state index contributed by atoms with van der Waals surface area (Å²) in [5.74, 6) is 1.14. The Morgan fingerprint density at radius 3 is 2.55 bits per heavy atom. The van der Waals surface area contributed by atoms with Gasteiger partial charge in [-0.25, -0.2) is 9.97 Å². The summed E-state index contributed by atoms with van der Waals surface area (Å²) in [7, 11) is 1.60. The second-order valence-corrected chi connectivity index (χ2v) is 4.77. The molecule has 0 saturated heterocycles. The van der Waals surface area contributed by atoms with Crippen LogP contribution in [0.25, 0.3) is 22.4 Å². The van der Waals surface area contributed by atoms with E-state index in [2.05, 4.69) is 34.0 Å². The van der Waals surface area contributed by atoms with Gasteiger partial charge in [0.25, 0.3) is 0 Å². The summed E-state index contributed by atoms with van der Waals surface area (Å²) in [5.41, 5.74) is 3.78. The summed E-state index contributed by atoms with van der Waals surface area (Å²) in [6, 6.07) is 12.0. The Morgan fingerprint density at radius 1 is 0.900 bits per heavy atom. The number of ether oxygens (including phenoxy) is 1. The highest BCUT2D eigenvalue weighted by Gasteiger charge is 2.07. The van der Waals surface area contributed by atoms with Crippen LogP contribution in [0.5, 0.6) is 5.88 Å². The van der Waals surface area contributed by atoms with E-state index in [0.717, 1.165) is 22.3 Å². The molecule has 2 heterocycles. The lowest BCUT2D eigenvalue weighted by Crippen LogP contribution is -1.97. The smallest absolute Gasteiger partial charge is 0.216 e.